The van der Waals surface area contributed by atoms with Crippen molar-refractivity contribution in [3.05, 3.63) is 57.5 Å². The maximum atomic E-state index is 11.9. The van der Waals surface area contributed by atoms with Crippen molar-refractivity contribution < 1.29 is 4.79 Å². The summed E-state index contributed by atoms with van der Waals surface area (Å²) in [5, 5.41) is 3.57. The molecular weight excluding hydrogens is 358 g/mol. The fraction of sp³-hybridized carbons (Fsp3) is 0.133. The van der Waals surface area contributed by atoms with Crippen LogP contribution in [0.2, 0.25) is 5.02 Å². The van der Waals surface area contributed by atoms with Gasteiger partial charge in [-0.1, -0.05) is 27.5 Å². The van der Waals surface area contributed by atoms with Crippen LogP contribution in [0.15, 0.2) is 51.8 Å². The third-order valence-electron chi connectivity index (χ3n) is 2.63. The van der Waals surface area contributed by atoms with E-state index in [4.69, 9.17) is 11.6 Å². The number of amides is 1. The van der Waals surface area contributed by atoms with Crippen molar-refractivity contribution in [2.45, 2.75) is 11.8 Å². The standard InChI is InChI=1S/C15H13BrClNOS/c1-10-8-12(4-7-14(10)17)18-15(19)9-20-13-5-2-11(16)3-6-13/h2-8H,9H2,1H3,(H,18,19). The third kappa shape index (κ3) is 4.54. The summed E-state index contributed by atoms with van der Waals surface area (Å²) >= 11 is 10.8. The Balaban J connectivity index is 1.89. The van der Waals surface area contributed by atoms with Crippen LogP contribution in [0.1, 0.15) is 5.56 Å². The highest BCUT2D eigenvalue weighted by Crippen LogP contribution is 2.22. The van der Waals surface area contributed by atoms with E-state index < -0.39 is 0 Å². The van der Waals surface area contributed by atoms with Gasteiger partial charge in [0.25, 0.3) is 0 Å². The lowest BCUT2D eigenvalue weighted by Gasteiger charge is -2.07. The summed E-state index contributed by atoms with van der Waals surface area (Å²) in [6.07, 6.45) is 0. The zero-order chi connectivity index (χ0) is 14.5. The number of thioether (sulfide) groups is 1. The number of anilines is 1. The number of halogens is 2. The first kappa shape index (κ1) is 15.4. The van der Waals surface area contributed by atoms with E-state index >= 15 is 0 Å². The highest BCUT2D eigenvalue weighted by atomic mass is 79.9. The van der Waals surface area contributed by atoms with Crippen LogP contribution >= 0.6 is 39.3 Å². The van der Waals surface area contributed by atoms with Crippen LogP contribution in [-0.2, 0) is 4.79 Å². The normalized spacial score (nSPS) is 10.3. The summed E-state index contributed by atoms with van der Waals surface area (Å²) in [5.74, 6) is 0.350. The topological polar surface area (TPSA) is 29.1 Å². The minimum Gasteiger partial charge on any atom is -0.325 e. The van der Waals surface area contributed by atoms with Crippen molar-refractivity contribution in [3.8, 4) is 0 Å². The van der Waals surface area contributed by atoms with Crippen molar-refractivity contribution in [1.82, 2.24) is 0 Å². The van der Waals surface area contributed by atoms with E-state index in [0.717, 1.165) is 20.6 Å². The molecule has 104 valence electrons. The smallest absolute Gasteiger partial charge is 0.234 e. The molecule has 2 rings (SSSR count). The average Bonchev–Trinajstić information content (AvgIpc) is 2.42. The molecule has 0 saturated heterocycles. The molecule has 1 amide bonds. The highest BCUT2D eigenvalue weighted by molar-refractivity contribution is 9.10. The number of carbonyl (C=O) groups excluding carboxylic acids is 1. The van der Waals surface area contributed by atoms with Crippen molar-refractivity contribution in [3.63, 3.8) is 0 Å². The van der Waals surface area contributed by atoms with Crippen molar-refractivity contribution >= 4 is 50.9 Å². The summed E-state index contributed by atoms with van der Waals surface area (Å²) in [5.41, 5.74) is 1.72. The van der Waals surface area contributed by atoms with Crippen molar-refractivity contribution in [1.29, 1.82) is 0 Å². The zero-order valence-electron chi connectivity index (χ0n) is 10.8. The van der Waals surface area contributed by atoms with Gasteiger partial charge in [-0.05, 0) is 55.0 Å². The van der Waals surface area contributed by atoms with Gasteiger partial charge in [0.1, 0.15) is 0 Å². The van der Waals surface area contributed by atoms with Gasteiger partial charge in [0.15, 0.2) is 0 Å². The number of carbonyl (C=O) groups is 1. The van der Waals surface area contributed by atoms with Gasteiger partial charge in [-0.2, -0.15) is 0 Å². The number of benzene rings is 2. The van der Waals surface area contributed by atoms with Crippen LogP contribution < -0.4 is 5.32 Å². The fourth-order valence-corrected chi connectivity index (χ4v) is 2.68. The molecular formula is C15H13BrClNOS. The van der Waals surface area contributed by atoms with Gasteiger partial charge < -0.3 is 5.32 Å². The molecule has 2 aromatic rings. The number of hydrogen-bond acceptors (Lipinski definition) is 2. The van der Waals surface area contributed by atoms with E-state index in [1.807, 2.05) is 37.3 Å². The molecule has 0 atom stereocenters. The summed E-state index contributed by atoms with van der Waals surface area (Å²) < 4.78 is 1.03. The summed E-state index contributed by atoms with van der Waals surface area (Å²) in [7, 11) is 0. The Kier molecular flexibility index (Phi) is 5.52. The zero-order valence-corrected chi connectivity index (χ0v) is 14.0. The minimum atomic E-state index is -0.0281. The Morgan fingerprint density at radius 2 is 1.95 bits per heavy atom. The first-order chi connectivity index (χ1) is 9.54. The minimum absolute atomic E-state index is 0.0281. The molecule has 2 nitrogen and oxygen atoms in total. The first-order valence-corrected chi connectivity index (χ1v) is 8.14. The molecule has 0 unspecified atom stereocenters. The maximum Gasteiger partial charge on any atom is 0.234 e. The molecule has 5 heteroatoms. The van der Waals surface area contributed by atoms with Crippen LogP contribution in [0.5, 0.6) is 0 Å². The second kappa shape index (κ2) is 7.16. The molecule has 0 spiro atoms. The lowest BCUT2D eigenvalue weighted by atomic mass is 10.2. The van der Waals surface area contributed by atoms with Gasteiger partial charge in [-0.3, -0.25) is 4.79 Å². The van der Waals surface area contributed by atoms with Gasteiger partial charge in [0.05, 0.1) is 5.75 Å². The fourth-order valence-electron chi connectivity index (χ4n) is 1.60. The molecule has 0 heterocycles. The van der Waals surface area contributed by atoms with Gasteiger partial charge in [-0.25, -0.2) is 0 Å². The summed E-state index contributed by atoms with van der Waals surface area (Å²) in [4.78, 5) is 12.9. The Morgan fingerprint density at radius 1 is 1.25 bits per heavy atom. The molecule has 20 heavy (non-hydrogen) atoms. The van der Waals surface area contributed by atoms with Crippen LogP contribution in [0, 0.1) is 6.92 Å². The first-order valence-electron chi connectivity index (χ1n) is 5.99. The number of hydrogen-bond donors (Lipinski definition) is 1. The van der Waals surface area contributed by atoms with Gasteiger partial charge in [0.2, 0.25) is 5.91 Å². The van der Waals surface area contributed by atoms with E-state index in [-0.39, 0.29) is 5.91 Å². The van der Waals surface area contributed by atoms with Gasteiger partial charge in [0, 0.05) is 20.1 Å². The molecule has 0 aliphatic heterocycles. The molecule has 0 radical (unpaired) electrons. The predicted molar refractivity (Wildman–Crippen MR) is 89.7 cm³/mol. The van der Waals surface area contributed by atoms with Crippen LogP contribution in [0.25, 0.3) is 0 Å². The SMILES string of the molecule is Cc1cc(NC(=O)CSc2ccc(Br)cc2)ccc1Cl. The Morgan fingerprint density at radius 3 is 2.60 bits per heavy atom. The molecule has 0 aliphatic carbocycles. The van der Waals surface area contributed by atoms with Crippen molar-refractivity contribution in [2.24, 2.45) is 0 Å². The molecule has 0 saturated carbocycles. The average molecular weight is 371 g/mol. The van der Waals surface area contributed by atoms with E-state index in [1.165, 1.54) is 11.8 Å². The van der Waals surface area contributed by atoms with E-state index in [9.17, 15) is 4.79 Å². The summed E-state index contributed by atoms with van der Waals surface area (Å²) in [6.45, 7) is 1.91. The second-order valence-electron chi connectivity index (χ2n) is 4.25. The maximum absolute atomic E-state index is 11.9. The van der Waals surface area contributed by atoms with E-state index in [0.29, 0.717) is 10.8 Å². The summed E-state index contributed by atoms with van der Waals surface area (Å²) in [6, 6.07) is 13.3. The second-order valence-corrected chi connectivity index (χ2v) is 6.63. The third-order valence-corrected chi connectivity index (χ3v) is 4.59. The largest absolute Gasteiger partial charge is 0.325 e. The molecule has 0 aromatic heterocycles. The van der Waals surface area contributed by atoms with Crippen LogP contribution in [-0.4, -0.2) is 11.7 Å². The number of rotatable bonds is 4. The monoisotopic (exact) mass is 369 g/mol. The quantitative estimate of drug-likeness (QED) is 0.755. The van der Waals surface area contributed by atoms with Crippen LogP contribution in [0.3, 0.4) is 0 Å². The predicted octanol–water partition coefficient (Wildman–Crippen LogP) is 5.14. The Labute approximate surface area is 136 Å². The van der Waals surface area contributed by atoms with E-state index in [2.05, 4.69) is 21.2 Å². The number of nitrogens with one attached hydrogen (secondary N) is 1. The number of aryl methyl sites for hydroxylation is 1. The van der Waals surface area contributed by atoms with Crippen LogP contribution in [0.4, 0.5) is 5.69 Å². The van der Waals surface area contributed by atoms with Gasteiger partial charge in [-0.15, -0.1) is 11.8 Å². The lowest BCUT2D eigenvalue weighted by molar-refractivity contribution is -0.113. The molecule has 1 N–H and O–H groups in total. The molecule has 0 aliphatic rings. The molecule has 0 fully saturated rings. The Bertz CT molecular complexity index is 616. The van der Waals surface area contributed by atoms with Crippen molar-refractivity contribution in [2.75, 3.05) is 11.1 Å². The van der Waals surface area contributed by atoms with E-state index in [1.54, 1.807) is 12.1 Å². The molecule has 2 aromatic carbocycles. The lowest BCUT2D eigenvalue weighted by Crippen LogP contribution is -2.14. The Hall–Kier alpha value is -0.970. The molecule has 0 bridgehead atoms. The van der Waals surface area contributed by atoms with Gasteiger partial charge >= 0.3 is 0 Å². The highest BCUT2D eigenvalue weighted by Gasteiger charge is 2.05.